The number of aryl methyl sites for hydroxylation is 1. The average Bonchev–Trinajstić information content (AvgIpc) is 2.70. The lowest BCUT2D eigenvalue weighted by atomic mass is 9.94. The van der Waals surface area contributed by atoms with Crippen LogP contribution in [0.15, 0.2) is 4.21 Å². The second-order valence-corrected chi connectivity index (χ2v) is 7.72. The maximum atomic E-state index is 12.3. The van der Waals surface area contributed by atoms with Gasteiger partial charge in [0.05, 0.1) is 5.69 Å². The fourth-order valence-corrected chi connectivity index (χ4v) is 4.89. The first-order valence-corrected chi connectivity index (χ1v) is 8.53. The molecule has 0 radical (unpaired) electrons. The van der Waals surface area contributed by atoms with Crippen LogP contribution in [-0.2, 0) is 14.8 Å². The number of aromatic nitrogens is 1. The van der Waals surface area contributed by atoms with Gasteiger partial charge in [0.1, 0.15) is 0 Å². The van der Waals surface area contributed by atoms with Gasteiger partial charge in [-0.25, -0.2) is 18.1 Å². The smallest absolute Gasteiger partial charge is 0.252 e. The van der Waals surface area contributed by atoms with E-state index in [1.165, 1.54) is 0 Å². The Hall–Kier alpha value is -0.700. The molecule has 1 aromatic heterocycles. The number of nitrogens with one attached hydrogen (secondary N) is 1. The number of anilines is 1. The first-order chi connectivity index (χ1) is 8.90. The summed E-state index contributed by atoms with van der Waals surface area (Å²) in [6, 6.07) is -0.114. The maximum absolute atomic E-state index is 12.3. The van der Waals surface area contributed by atoms with Crippen molar-refractivity contribution in [2.24, 2.45) is 5.92 Å². The fraction of sp³-hybridized carbons (Fsp3) is 0.727. The Morgan fingerprint density at radius 1 is 1.47 bits per heavy atom. The van der Waals surface area contributed by atoms with Crippen molar-refractivity contribution in [3.8, 4) is 0 Å². The molecule has 2 rings (SSSR count). The highest BCUT2D eigenvalue weighted by molar-refractivity contribution is 7.91. The second-order valence-electron chi connectivity index (χ2n) is 4.78. The first kappa shape index (κ1) is 14.7. The number of hydrogen-bond acceptors (Lipinski definition) is 6. The summed E-state index contributed by atoms with van der Waals surface area (Å²) in [6.45, 7) is 4.94. The van der Waals surface area contributed by atoms with E-state index in [4.69, 9.17) is 10.5 Å². The van der Waals surface area contributed by atoms with E-state index < -0.39 is 10.0 Å². The third kappa shape index (κ3) is 3.44. The van der Waals surface area contributed by atoms with Crippen LogP contribution in [0, 0.1) is 12.8 Å². The predicted octanol–water partition coefficient (Wildman–Crippen LogP) is 1.13. The molecule has 1 saturated heterocycles. The van der Waals surface area contributed by atoms with Crippen LogP contribution in [0.5, 0.6) is 0 Å². The molecule has 0 aromatic carbocycles. The molecule has 0 amide bonds. The van der Waals surface area contributed by atoms with Crippen LogP contribution >= 0.6 is 11.3 Å². The average molecular weight is 305 g/mol. The van der Waals surface area contributed by atoms with Gasteiger partial charge in [-0.2, -0.15) is 0 Å². The van der Waals surface area contributed by atoms with E-state index in [2.05, 4.69) is 9.71 Å². The van der Waals surface area contributed by atoms with Gasteiger partial charge in [-0.15, -0.1) is 0 Å². The first-order valence-electron chi connectivity index (χ1n) is 6.23. The Kier molecular flexibility index (Phi) is 4.44. The van der Waals surface area contributed by atoms with Gasteiger partial charge < -0.3 is 10.5 Å². The van der Waals surface area contributed by atoms with Crippen LogP contribution in [0.1, 0.15) is 25.5 Å². The lowest BCUT2D eigenvalue weighted by molar-refractivity contribution is 0.0586. The van der Waals surface area contributed by atoms with Crippen molar-refractivity contribution in [3.63, 3.8) is 0 Å². The van der Waals surface area contributed by atoms with Crippen LogP contribution in [0.2, 0.25) is 0 Å². The number of sulfonamides is 1. The summed E-state index contributed by atoms with van der Waals surface area (Å²) in [5.74, 6) is 0.314. The summed E-state index contributed by atoms with van der Waals surface area (Å²) in [5.41, 5.74) is 6.00. The van der Waals surface area contributed by atoms with Crippen molar-refractivity contribution in [3.05, 3.63) is 5.69 Å². The zero-order chi connectivity index (χ0) is 14.0. The molecular weight excluding hydrogens is 286 g/mol. The number of rotatable bonds is 4. The summed E-state index contributed by atoms with van der Waals surface area (Å²) >= 11 is 1.00. The molecule has 108 valence electrons. The van der Waals surface area contributed by atoms with Gasteiger partial charge >= 0.3 is 0 Å². The van der Waals surface area contributed by atoms with E-state index in [9.17, 15) is 8.42 Å². The Labute approximate surface area is 117 Å². The van der Waals surface area contributed by atoms with E-state index in [0.717, 1.165) is 24.2 Å². The molecule has 3 N–H and O–H groups in total. The maximum Gasteiger partial charge on any atom is 0.252 e. The van der Waals surface area contributed by atoms with E-state index >= 15 is 0 Å². The molecule has 0 bridgehead atoms. The van der Waals surface area contributed by atoms with Crippen molar-refractivity contribution in [2.75, 3.05) is 18.9 Å². The van der Waals surface area contributed by atoms with Crippen molar-refractivity contribution in [2.45, 2.75) is 36.9 Å². The third-order valence-corrected chi connectivity index (χ3v) is 6.48. The minimum absolute atomic E-state index is 0.114. The molecule has 1 atom stereocenters. The number of nitrogen functional groups attached to an aromatic ring is 1. The van der Waals surface area contributed by atoms with E-state index in [1.54, 1.807) is 6.92 Å². The van der Waals surface area contributed by atoms with Gasteiger partial charge in [0, 0.05) is 19.3 Å². The minimum atomic E-state index is -3.53. The van der Waals surface area contributed by atoms with E-state index in [1.807, 2.05) is 6.92 Å². The van der Waals surface area contributed by atoms with Crippen molar-refractivity contribution in [1.29, 1.82) is 0 Å². The van der Waals surface area contributed by atoms with Crippen LogP contribution in [0.4, 0.5) is 5.13 Å². The van der Waals surface area contributed by atoms with E-state index in [0.29, 0.717) is 24.8 Å². The van der Waals surface area contributed by atoms with Gasteiger partial charge in [-0.1, -0.05) is 11.3 Å². The molecule has 19 heavy (non-hydrogen) atoms. The molecule has 1 aliphatic heterocycles. The summed E-state index contributed by atoms with van der Waals surface area (Å²) in [6.07, 6.45) is 1.76. The number of ether oxygens (including phenoxy) is 1. The molecule has 8 heteroatoms. The monoisotopic (exact) mass is 305 g/mol. The van der Waals surface area contributed by atoms with E-state index in [-0.39, 0.29) is 15.4 Å². The summed E-state index contributed by atoms with van der Waals surface area (Å²) in [5, 5.41) is 0.275. The van der Waals surface area contributed by atoms with Crippen molar-refractivity contribution >= 4 is 26.5 Å². The highest BCUT2D eigenvalue weighted by atomic mass is 32.2. The summed E-state index contributed by atoms with van der Waals surface area (Å²) in [4.78, 5) is 3.95. The molecule has 1 unspecified atom stereocenters. The molecule has 0 saturated carbocycles. The second kappa shape index (κ2) is 5.74. The standard InChI is InChI=1S/C11H19N3O3S2/c1-7(9-3-5-17-6-4-9)14-19(15,16)10-8(2)13-11(12)18-10/h7,9,14H,3-6H2,1-2H3,(H2,12,13). The third-order valence-electron chi connectivity index (χ3n) is 3.33. The number of hydrogen-bond donors (Lipinski definition) is 2. The van der Waals surface area contributed by atoms with Crippen LogP contribution in [0.25, 0.3) is 0 Å². The van der Waals surface area contributed by atoms with Gasteiger partial charge in [0.15, 0.2) is 9.34 Å². The molecule has 0 aliphatic carbocycles. The molecule has 2 heterocycles. The quantitative estimate of drug-likeness (QED) is 0.869. The molecule has 1 fully saturated rings. The molecular formula is C11H19N3O3S2. The Morgan fingerprint density at radius 3 is 2.63 bits per heavy atom. The largest absolute Gasteiger partial charge is 0.381 e. The molecule has 6 nitrogen and oxygen atoms in total. The normalized spacial score (nSPS) is 19.5. The molecule has 0 spiro atoms. The zero-order valence-electron chi connectivity index (χ0n) is 11.0. The van der Waals surface area contributed by atoms with Gasteiger partial charge in [-0.05, 0) is 32.6 Å². The minimum Gasteiger partial charge on any atom is -0.381 e. The zero-order valence-corrected chi connectivity index (χ0v) is 12.7. The molecule has 1 aliphatic rings. The van der Waals surface area contributed by atoms with Crippen LogP contribution in [-0.4, -0.2) is 32.7 Å². The van der Waals surface area contributed by atoms with Crippen molar-refractivity contribution in [1.82, 2.24) is 9.71 Å². The van der Waals surface area contributed by atoms with Gasteiger partial charge in [0.25, 0.3) is 10.0 Å². The molecule has 1 aromatic rings. The number of nitrogens with two attached hydrogens (primary N) is 1. The number of thiazole rings is 1. The Morgan fingerprint density at radius 2 is 2.11 bits per heavy atom. The highest BCUT2D eigenvalue weighted by Crippen LogP contribution is 2.26. The number of nitrogens with zero attached hydrogens (tertiary/aromatic N) is 1. The topological polar surface area (TPSA) is 94.3 Å². The van der Waals surface area contributed by atoms with Gasteiger partial charge in [0.2, 0.25) is 0 Å². The SMILES string of the molecule is Cc1nc(N)sc1S(=O)(=O)NC(C)C1CCOCC1. The van der Waals surface area contributed by atoms with Gasteiger partial charge in [-0.3, -0.25) is 0 Å². The lowest BCUT2D eigenvalue weighted by Crippen LogP contribution is -2.40. The predicted molar refractivity (Wildman–Crippen MR) is 74.6 cm³/mol. The van der Waals surface area contributed by atoms with Crippen LogP contribution in [0.3, 0.4) is 0 Å². The fourth-order valence-electron chi connectivity index (χ4n) is 2.26. The van der Waals surface area contributed by atoms with Crippen molar-refractivity contribution < 1.29 is 13.2 Å². The summed E-state index contributed by atoms with van der Waals surface area (Å²) < 4.78 is 32.8. The Bertz CT molecular complexity index is 535. The summed E-state index contributed by atoms with van der Waals surface area (Å²) in [7, 11) is -3.53. The lowest BCUT2D eigenvalue weighted by Gasteiger charge is -2.28. The van der Waals surface area contributed by atoms with Crippen LogP contribution < -0.4 is 10.5 Å². The highest BCUT2D eigenvalue weighted by Gasteiger charge is 2.28. The Balaban J connectivity index is 2.10.